The molecule has 1 heterocycles. The number of thioether (sulfide) groups is 1. The highest BCUT2D eigenvalue weighted by atomic mass is 32.2. The predicted molar refractivity (Wildman–Crippen MR) is 57.2 cm³/mol. The molecule has 0 saturated carbocycles. The zero-order chi connectivity index (χ0) is 9.80. The number of nitrogens with zero attached hydrogens (tertiary/aromatic N) is 2. The first kappa shape index (κ1) is 8.92. The lowest BCUT2D eigenvalue weighted by atomic mass is 10.3. The van der Waals surface area contributed by atoms with Crippen LogP contribution in [0, 0.1) is 10.7 Å². The van der Waals surface area contributed by atoms with E-state index in [-0.39, 0.29) is 0 Å². The van der Waals surface area contributed by atoms with E-state index in [1.165, 1.54) is 11.8 Å². The lowest BCUT2D eigenvalue weighted by Crippen LogP contribution is -1.91. The molecule has 14 heavy (non-hydrogen) atoms. The predicted octanol–water partition coefficient (Wildman–Crippen LogP) is 3.05. The maximum absolute atomic E-state index is 8.61. The minimum atomic E-state index is 0.943. The Balaban J connectivity index is 2.43. The number of benzene rings is 1. The van der Waals surface area contributed by atoms with Gasteiger partial charge in [0.2, 0.25) is 0 Å². The zero-order valence-electron chi connectivity index (χ0n) is 7.42. The summed E-state index contributed by atoms with van der Waals surface area (Å²) >= 11 is 1.17. The minimum absolute atomic E-state index is 0.943. The second kappa shape index (κ2) is 4.03. The molecule has 1 aromatic heterocycles. The van der Waals surface area contributed by atoms with E-state index >= 15 is 0 Å². The molecule has 68 valence electrons. The van der Waals surface area contributed by atoms with Crippen molar-refractivity contribution in [3.05, 3.63) is 48.7 Å². The van der Waals surface area contributed by atoms with Crippen LogP contribution in [0.1, 0.15) is 0 Å². The summed E-state index contributed by atoms with van der Waals surface area (Å²) in [5.41, 5.74) is 1.08. The Bertz CT molecular complexity index is 454. The van der Waals surface area contributed by atoms with Gasteiger partial charge in [0.25, 0.3) is 0 Å². The summed E-state index contributed by atoms with van der Waals surface area (Å²) in [4.78, 5) is 0. The molecular weight excluding hydrogens is 192 g/mol. The molecular formula is C11H8N2S. The van der Waals surface area contributed by atoms with Crippen LogP contribution < -0.4 is 0 Å². The molecule has 2 aromatic rings. The number of thiocyanates is 1. The van der Waals surface area contributed by atoms with Crippen LogP contribution >= 0.6 is 11.8 Å². The van der Waals surface area contributed by atoms with Crippen LogP contribution in [-0.4, -0.2) is 4.57 Å². The Labute approximate surface area is 86.8 Å². The molecule has 0 atom stereocenters. The first-order chi connectivity index (χ1) is 6.92. The Morgan fingerprint density at radius 2 is 1.86 bits per heavy atom. The zero-order valence-corrected chi connectivity index (χ0v) is 8.24. The first-order valence-electron chi connectivity index (χ1n) is 4.20. The Kier molecular flexibility index (Phi) is 2.57. The van der Waals surface area contributed by atoms with Crippen molar-refractivity contribution >= 4 is 11.8 Å². The highest BCUT2D eigenvalue weighted by molar-refractivity contribution is 8.03. The summed E-state index contributed by atoms with van der Waals surface area (Å²) in [5, 5.41) is 11.6. The van der Waals surface area contributed by atoms with E-state index in [1.54, 1.807) is 0 Å². The van der Waals surface area contributed by atoms with Crippen LogP contribution in [0.5, 0.6) is 0 Å². The fourth-order valence-electron chi connectivity index (χ4n) is 1.30. The lowest BCUT2D eigenvalue weighted by molar-refractivity contribution is 0.959. The topological polar surface area (TPSA) is 28.7 Å². The lowest BCUT2D eigenvalue weighted by Gasteiger charge is -2.04. The van der Waals surface area contributed by atoms with Gasteiger partial charge in [-0.1, -0.05) is 18.2 Å². The van der Waals surface area contributed by atoms with E-state index in [9.17, 15) is 0 Å². The first-order valence-corrected chi connectivity index (χ1v) is 5.02. The van der Waals surface area contributed by atoms with Crippen molar-refractivity contribution in [3.63, 3.8) is 0 Å². The van der Waals surface area contributed by atoms with Gasteiger partial charge in [-0.3, -0.25) is 0 Å². The number of rotatable bonds is 2. The van der Waals surface area contributed by atoms with E-state index in [4.69, 9.17) is 5.26 Å². The molecule has 0 aliphatic rings. The highest BCUT2D eigenvalue weighted by Gasteiger charge is 2.01. The number of para-hydroxylation sites is 1. The molecule has 0 amide bonds. The van der Waals surface area contributed by atoms with Crippen molar-refractivity contribution in [2.24, 2.45) is 0 Å². The molecule has 1 aromatic carbocycles. The third-order valence-corrected chi connectivity index (χ3v) is 2.53. The van der Waals surface area contributed by atoms with Gasteiger partial charge in [-0.25, -0.2) is 0 Å². The van der Waals surface area contributed by atoms with Crippen LogP contribution in [-0.2, 0) is 0 Å². The third kappa shape index (κ3) is 1.66. The molecule has 0 bridgehead atoms. The van der Waals surface area contributed by atoms with Gasteiger partial charge in [-0.15, -0.1) is 0 Å². The van der Waals surface area contributed by atoms with Crippen molar-refractivity contribution in [3.8, 4) is 11.1 Å². The molecule has 0 aliphatic carbocycles. The summed E-state index contributed by atoms with van der Waals surface area (Å²) in [6, 6.07) is 13.8. The maximum atomic E-state index is 8.61. The van der Waals surface area contributed by atoms with E-state index in [1.807, 2.05) is 53.2 Å². The normalized spacial score (nSPS) is 9.64. The Morgan fingerprint density at radius 3 is 2.57 bits per heavy atom. The largest absolute Gasteiger partial charge is 0.311 e. The van der Waals surface area contributed by atoms with Crippen molar-refractivity contribution in [1.29, 1.82) is 5.26 Å². The summed E-state index contributed by atoms with van der Waals surface area (Å²) in [7, 11) is 0. The van der Waals surface area contributed by atoms with Gasteiger partial charge in [-0.2, -0.15) is 5.26 Å². The van der Waals surface area contributed by atoms with Crippen molar-refractivity contribution < 1.29 is 0 Å². The minimum Gasteiger partial charge on any atom is -0.311 e. The van der Waals surface area contributed by atoms with Crippen LogP contribution in [0.2, 0.25) is 0 Å². The van der Waals surface area contributed by atoms with Crippen LogP contribution in [0.4, 0.5) is 0 Å². The van der Waals surface area contributed by atoms with Gasteiger partial charge in [0.15, 0.2) is 0 Å². The van der Waals surface area contributed by atoms with Crippen LogP contribution in [0.3, 0.4) is 0 Å². The van der Waals surface area contributed by atoms with E-state index in [0.717, 1.165) is 10.7 Å². The fraction of sp³-hybridized carbons (Fsp3) is 0. The van der Waals surface area contributed by atoms with Gasteiger partial charge < -0.3 is 4.57 Å². The molecule has 2 rings (SSSR count). The number of aromatic nitrogens is 1. The molecule has 0 N–H and O–H groups in total. The van der Waals surface area contributed by atoms with Crippen molar-refractivity contribution in [2.45, 2.75) is 5.03 Å². The quantitative estimate of drug-likeness (QED) is 0.550. The van der Waals surface area contributed by atoms with E-state index < -0.39 is 0 Å². The second-order valence-corrected chi connectivity index (χ2v) is 3.55. The standard InChI is InChI=1S/C11H8N2S/c12-9-14-11-7-4-8-13(11)10-5-2-1-3-6-10/h1-8H. The molecule has 0 unspecified atom stereocenters. The summed E-state index contributed by atoms with van der Waals surface area (Å²) < 4.78 is 1.99. The van der Waals surface area contributed by atoms with Crippen LogP contribution in [0.15, 0.2) is 53.7 Å². The summed E-state index contributed by atoms with van der Waals surface area (Å²) in [6.45, 7) is 0. The van der Waals surface area contributed by atoms with E-state index in [2.05, 4.69) is 5.40 Å². The van der Waals surface area contributed by atoms with Crippen molar-refractivity contribution in [1.82, 2.24) is 4.57 Å². The average molecular weight is 200 g/mol. The van der Waals surface area contributed by atoms with Crippen molar-refractivity contribution in [2.75, 3.05) is 0 Å². The van der Waals surface area contributed by atoms with Gasteiger partial charge >= 0.3 is 0 Å². The molecule has 0 spiro atoms. The van der Waals surface area contributed by atoms with Gasteiger partial charge in [-0.05, 0) is 24.3 Å². The Hall–Kier alpha value is -1.66. The fourth-order valence-corrected chi connectivity index (χ4v) is 1.80. The van der Waals surface area contributed by atoms with Gasteiger partial charge in [0, 0.05) is 23.6 Å². The monoisotopic (exact) mass is 200 g/mol. The maximum Gasteiger partial charge on any atom is 0.140 e. The second-order valence-electron chi connectivity index (χ2n) is 2.75. The molecule has 0 saturated heterocycles. The molecule has 0 fully saturated rings. The molecule has 3 heteroatoms. The van der Waals surface area contributed by atoms with Crippen LogP contribution in [0.25, 0.3) is 5.69 Å². The average Bonchev–Trinajstić information content (AvgIpc) is 2.68. The van der Waals surface area contributed by atoms with E-state index in [0.29, 0.717) is 0 Å². The number of hydrogen-bond donors (Lipinski definition) is 0. The molecule has 0 radical (unpaired) electrons. The highest BCUT2D eigenvalue weighted by Crippen LogP contribution is 2.21. The summed E-state index contributed by atoms with van der Waals surface area (Å²) in [6.07, 6.45) is 1.95. The summed E-state index contributed by atoms with van der Waals surface area (Å²) in [5.74, 6) is 0. The number of nitriles is 1. The van der Waals surface area contributed by atoms with Gasteiger partial charge in [0.05, 0.1) is 5.03 Å². The molecule has 0 aliphatic heterocycles. The number of hydrogen-bond acceptors (Lipinski definition) is 2. The molecule has 2 nitrogen and oxygen atoms in total. The third-order valence-electron chi connectivity index (χ3n) is 1.90. The Morgan fingerprint density at radius 1 is 1.07 bits per heavy atom. The smallest absolute Gasteiger partial charge is 0.140 e. The van der Waals surface area contributed by atoms with Gasteiger partial charge in [0.1, 0.15) is 5.40 Å². The SMILES string of the molecule is N#CSc1cccn1-c1ccccc1.